The third-order valence-corrected chi connectivity index (χ3v) is 7.43. The second kappa shape index (κ2) is 11.3. The van der Waals surface area contributed by atoms with E-state index in [-0.39, 0.29) is 0 Å². The van der Waals surface area contributed by atoms with Gasteiger partial charge < -0.3 is 0 Å². The zero-order valence-electron chi connectivity index (χ0n) is 18.4. The SMILES string of the molecule is CCCCCC[C@H]1CC[C@H](C2CCC(C#Cc3ccc(C(F)(F)F)cc3)CC2)CC1. The molecule has 3 heteroatoms. The van der Waals surface area contributed by atoms with E-state index in [0.29, 0.717) is 11.5 Å². The molecule has 0 saturated heterocycles. The van der Waals surface area contributed by atoms with Gasteiger partial charge in [-0.1, -0.05) is 63.7 Å². The summed E-state index contributed by atoms with van der Waals surface area (Å²) in [6.07, 6.45) is 13.3. The van der Waals surface area contributed by atoms with Crippen LogP contribution < -0.4 is 0 Å². The Morgan fingerprint density at radius 1 is 0.800 bits per heavy atom. The second-order valence-electron chi connectivity index (χ2n) is 9.59. The van der Waals surface area contributed by atoms with Crippen molar-refractivity contribution >= 4 is 0 Å². The summed E-state index contributed by atoms with van der Waals surface area (Å²) in [5, 5.41) is 0. The monoisotopic (exact) mass is 418 g/mol. The molecule has 0 radical (unpaired) electrons. The first-order chi connectivity index (χ1) is 14.5. The largest absolute Gasteiger partial charge is 0.416 e. The first-order valence-corrected chi connectivity index (χ1v) is 12.1. The summed E-state index contributed by atoms with van der Waals surface area (Å²) in [7, 11) is 0. The van der Waals surface area contributed by atoms with Crippen molar-refractivity contribution in [3.05, 3.63) is 35.4 Å². The lowest BCUT2D eigenvalue weighted by Gasteiger charge is -2.37. The van der Waals surface area contributed by atoms with Gasteiger partial charge >= 0.3 is 6.18 Å². The van der Waals surface area contributed by atoms with Crippen LogP contribution in [-0.4, -0.2) is 0 Å². The van der Waals surface area contributed by atoms with Gasteiger partial charge in [0.1, 0.15) is 0 Å². The van der Waals surface area contributed by atoms with E-state index in [1.54, 1.807) is 0 Å². The zero-order chi connectivity index (χ0) is 21.4. The molecule has 0 nitrogen and oxygen atoms in total. The van der Waals surface area contributed by atoms with Crippen molar-refractivity contribution in [2.24, 2.45) is 23.7 Å². The summed E-state index contributed by atoms with van der Waals surface area (Å²) in [4.78, 5) is 0. The highest BCUT2D eigenvalue weighted by Crippen LogP contribution is 2.42. The highest BCUT2D eigenvalue weighted by atomic mass is 19.4. The average molecular weight is 419 g/mol. The van der Waals surface area contributed by atoms with E-state index < -0.39 is 11.7 Å². The van der Waals surface area contributed by atoms with Crippen LogP contribution in [0.3, 0.4) is 0 Å². The van der Waals surface area contributed by atoms with Crippen LogP contribution in [0, 0.1) is 35.5 Å². The van der Waals surface area contributed by atoms with Crippen molar-refractivity contribution in [2.45, 2.75) is 96.6 Å². The molecule has 0 spiro atoms. The Bertz CT molecular complexity index is 676. The van der Waals surface area contributed by atoms with Crippen molar-refractivity contribution < 1.29 is 13.2 Å². The summed E-state index contributed by atoms with van der Waals surface area (Å²) in [5.74, 6) is 9.60. The summed E-state index contributed by atoms with van der Waals surface area (Å²) >= 11 is 0. The van der Waals surface area contributed by atoms with Crippen LogP contribution >= 0.6 is 0 Å². The molecular formula is C27H37F3. The molecule has 0 atom stereocenters. The Hall–Kier alpha value is -1.43. The fraction of sp³-hybridized carbons (Fsp3) is 0.704. The van der Waals surface area contributed by atoms with Gasteiger partial charge in [0.05, 0.1) is 5.56 Å². The average Bonchev–Trinajstić information content (AvgIpc) is 2.76. The molecule has 0 N–H and O–H groups in total. The van der Waals surface area contributed by atoms with Crippen molar-refractivity contribution in [3.8, 4) is 11.8 Å². The zero-order valence-corrected chi connectivity index (χ0v) is 18.4. The van der Waals surface area contributed by atoms with Gasteiger partial charge in [-0.2, -0.15) is 13.2 Å². The highest BCUT2D eigenvalue weighted by Gasteiger charge is 2.31. The number of rotatable bonds is 6. The smallest absolute Gasteiger partial charge is 0.166 e. The molecule has 166 valence electrons. The fourth-order valence-electron chi connectivity index (χ4n) is 5.47. The third kappa shape index (κ3) is 7.07. The van der Waals surface area contributed by atoms with Gasteiger partial charge in [0.2, 0.25) is 0 Å². The Balaban J connectivity index is 1.38. The maximum atomic E-state index is 12.7. The van der Waals surface area contributed by atoms with Crippen molar-refractivity contribution in [2.75, 3.05) is 0 Å². The minimum atomic E-state index is -4.28. The van der Waals surface area contributed by atoms with Crippen LogP contribution in [0.4, 0.5) is 13.2 Å². The lowest BCUT2D eigenvalue weighted by molar-refractivity contribution is -0.137. The minimum absolute atomic E-state index is 0.401. The molecule has 2 fully saturated rings. The van der Waals surface area contributed by atoms with E-state index in [1.807, 2.05) is 0 Å². The Kier molecular flexibility index (Phi) is 8.72. The van der Waals surface area contributed by atoms with Gasteiger partial charge in [-0.3, -0.25) is 0 Å². The quantitative estimate of drug-likeness (QED) is 0.320. The summed E-state index contributed by atoms with van der Waals surface area (Å²) < 4.78 is 38.0. The molecule has 0 unspecified atom stereocenters. The predicted molar refractivity (Wildman–Crippen MR) is 118 cm³/mol. The fourth-order valence-corrected chi connectivity index (χ4v) is 5.47. The van der Waals surface area contributed by atoms with Gasteiger partial charge in [-0.15, -0.1) is 0 Å². The highest BCUT2D eigenvalue weighted by molar-refractivity contribution is 5.37. The second-order valence-corrected chi connectivity index (χ2v) is 9.59. The normalized spacial score (nSPS) is 27.3. The molecule has 1 aromatic carbocycles. The van der Waals surface area contributed by atoms with Gasteiger partial charge in [-0.25, -0.2) is 0 Å². The lowest BCUT2D eigenvalue weighted by Crippen LogP contribution is -2.25. The first kappa shape index (κ1) is 23.2. The number of benzene rings is 1. The lowest BCUT2D eigenvalue weighted by atomic mass is 9.69. The van der Waals surface area contributed by atoms with Gasteiger partial charge in [0, 0.05) is 11.5 Å². The van der Waals surface area contributed by atoms with E-state index in [1.165, 1.54) is 82.8 Å². The maximum Gasteiger partial charge on any atom is 0.416 e. The van der Waals surface area contributed by atoms with Crippen molar-refractivity contribution in [1.29, 1.82) is 0 Å². The first-order valence-electron chi connectivity index (χ1n) is 12.1. The molecule has 30 heavy (non-hydrogen) atoms. The van der Waals surface area contributed by atoms with Gasteiger partial charge in [0.25, 0.3) is 0 Å². The number of hydrogen-bond acceptors (Lipinski definition) is 0. The molecule has 0 amide bonds. The Morgan fingerprint density at radius 2 is 1.40 bits per heavy atom. The van der Waals surface area contributed by atoms with E-state index in [0.717, 1.165) is 42.7 Å². The topological polar surface area (TPSA) is 0 Å². The minimum Gasteiger partial charge on any atom is -0.166 e. The van der Waals surface area contributed by atoms with Crippen LogP contribution in [0.2, 0.25) is 0 Å². The predicted octanol–water partition coefficient (Wildman–Crippen LogP) is 8.64. The summed E-state index contributed by atoms with van der Waals surface area (Å²) in [6, 6.07) is 5.23. The molecule has 2 aliphatic carbocycles. The van der Waals surface area contributed by atoms with Crippen LogP contribution in [0.15, 0.2) is 24.3 Å². The van der Waals surface area contributed by atoms with E-state index >= 15 is 0 Å². The molecule has 0 bridgehead atoms. The van der Waals surface area contributed by atoms with E-state index in [4.69, 9.17) is 0 Å². The molecular weight excluding hydrogens is 381 g/mol. The summed E-state index contributed by atoms with van der Waals surface area (Å²) in [6.45, 7) is 2.28. The van der Waals surface area contributed by atoms with E-state index in [2.05, 4.69) is 18.8 Å². The molecule has 2 aliphatic rings. The van der Waals surface area contributed by atoms with Gasteiger partial charge in [0.15, 0.2) is 0 Å². The van der Waals surface area contributed by atoms with Gasteiger partial charge in [-0.05, 0) is 80.5 Å². The molecule has 1 aromatic rings. The Morgan fingerprint density at radius 3 is 1.97 bits per heavy atom. The number of unbranched alkanes of at least 4 members (excludes halogenated alkanes) is 3. The van der Waals surface area contributed by atoms with Crippen LogP contribution in [-0.2, 0) is 6.18 Å². The number of halogens is 3. The summed E-state index contributed by atoms with van der Waals surface area (Å²) in [5.41, 5.74) is 0.0756. The molecule has 0 aromatic heterocycles. The molecule has 0 aliphatic heterocycles. The van der Waals surface area contributed by atoms with Crippen LogP contribution in [0.25, 0.3) is 0 Å². The maximum absolute atomic E-state index is 12.7. The molecule has 3 rings (SSSR count). The van der Waals surface area contributed by atoms with Crippen LogP contribution in [0.1, 0.15) is 102 Å². The standard InChI is InChI=1S/C27H37F3/c1-2-3-4-5-6-21-9-15-24(16-10-21)25-17-11-22(12-18-25)7-8-23-13-19-26(20-14-23)27(28,29)30/h13-14,19-22,24-25H,2-6,9-12,15-18H2,1H3/t21-,22?,24-,25?. The number of alkyl halides is 3. The van der Waals surface area contributed by atoms with Crippen molar-refractivity contribution in [3.63, 3.8) is 0 Å². The molecule has 0 heterocycles. The number of hydrogen-bond donors (Lipinski definition) is 0. The van der Waals surface area contributed by atoms with Crippen molar-refractivity contribution in [1.82, 2.24) is 0 Å². The third-order valence-electron chi connectivity index (χ3n) is 7.43. The molecule has 2 saturated carbocycles. The van der Waals surface area contributed by atoms with Crippen LogP contribution in [0.5, 0.6) is 0 Å². The van der Waals surface area contributed by atoms with E-state index in [9.17, 15) is 13.2 Å². The Labute approximate surface area is 181 Å².